The summed E-state index contributed by atoms with van der Waals surface area (Å²) in [6.45, 7) is 7.64. The number of benzene rings is 2. The summed E-state index contributed by atoms with van der Waals surface area (Å²) < 4.78 is 0. The number of para-hydroxylation sites is 2. The highest BCUT2D eigenvalue weighted by molar-refractivity contribution is 5.68. The van der Waals surface area contributed by atoms with Gasteiger partial charge in [0, 0.05) is 24.5 Å². The zero-order chi connectivity index (χ0) is 15.2. The third-order valence-corrected chi connectivity index (χ3v) is 3.94. The maximum Gasteiger partial charge on any atom is 0.0456 e. The largest absolute Gasteiger partial charge is 0.344 e. The molecule has 0 bridgehead atoms. The van der Waals surface area contributed by atoms with Gasteiger partial charge in [0.2, 0.25) is 0 Å². The predicted molar refractivity (Wildman–Crippen MR) is 92.4 cm³/mol. The average Bonchev–Trinajstić information content (AvgIpc) is 2.52. The molecule has 112 valence electrons. The first-order valence-electron chi connectivity index (χ1n) is 7.76. The van der Waals surface area contributed by atoms with Gasteiger partial charge in [0.25, 0.3) is 0 Å². The lowest BCUT2D eigenvalue weighted by Gasteiger charge is -2.27. The zero-order valence-corrected chi connectivity index (χ0v) is 13.6. The minimum Gasteiger partial charge on any atom is -0.344 e. The monoisotopic (exact) mass is 282 g/mol. The van der Waals surface area contributed by atoms with Crippen LogP contribution in [-0.2, 0) is 0 Å². The van der Waals surface area contributed by atoms with Crippen LogP contribution < -0.4 is 10.2 Å². The molecule has 1 atom stereocenters. The lowest BCUT2D eigenvalue weighted by atomic mass is 10.0. The first-order chi connectivity index (χ1) is 10.1. The molecule has 0 aliphatic heterocycles. The van der Waals surface area contributed by atoms with Crippen LogP contribution in [0.4, 0.5) is 11.4 Å². The molecule has 1 N–H and O–H groups in total. The van der Waals surface area contributed by atoms with Crippen LogP contribution in [0.2, 0.25) is 0 Å². The Morgan fingerprint density at radius 1 is 1.00 bits per heavy atom. The molecule has 0 aliphatic carbocycles. The maximum atomic E-state index is 3.58. The topological polar surface area (TPSA) is 15.3 Å². The Labute approximate surface area is 128 Å². The summed E-state index contributed by atoms with van der Waals surface area (Å²) in [5.74, 6) is 0. The quantitative estimate of drug-likeness (QED) is 0.817. The third kappa shape index (κ3) is 3.64. The fourth-order valence-corrected chi connectivity index (χ4v) is 2.70. The molecule has 0 saturated carbocycles. The standard InChI is InChI=1S/C19H26N2/c1-5-14-20-16(3)17-11-7-9-13-19(17)21(4)18-12-8-6-10-15(18)2/h6-13,16,20H,5,14H2,1-4H3. The molecule has 1 unspecified atom stereocenters. The van der Waals surface area contributed by atoms with E-state index in [-0.39, 0.29) is 0 Å². The highest BCUT2D eigenvalue weighted by atomic mass is 15.1. The van der Waals surface area contributed by atoms with Crippen molar-refractivity contribution in [1.29, 1.82) is 0 Å². The number of rotatable bonds is 6. The van der Waals surface area contributed by atoms with Gasteiger partial charge >= 0.3 is 0 Å². The first kappa shape index (κ1) is 15.6. The Morgan fingerprint density at radius 2 is 1.62 bits per heavy atom. The molecule has 0 aliphatic rings. The molecular formula is C19H26N2. The molecule has 2 rings (SSSR count). The Balaban J connectivity index is 2.33. The van der Waals surface area contributed by atoms with Crippen molar-refractivity contribution in [2.45, 2.75) is 33.2 Å². The Kier molecular flexibility index (Phi) is 5.40. The second kappa shape index (κ2) is 7.28. The van der Waals surface area contributed by atoms with Crippen LogP contribution in [0.1, 0.15) is 37.4 Å². The minimum absolute atomic E-state index is 0.354. The van der Waals surface area contributed by atoms with Crippen LogP contribution in [0.15, 0.2) is 48.5 Å². The van der Waals surface area contributed by atoms with E-state index in [0.717, 1.165) is 13.0 Å². The van der Waals surface area contributed by atoms with E-state index in [4.69, 9.17) is 0 Å². The van der Waals surface area contributed by atoms with Gasteiger partial charge in [-0.15, -0.1) is 0 Å². The number of hydrogen-bond acceptors (Lipinski definition) is 2. The molecule has 0 spiro atoms. The van der Waals surface area contributed by atoms with Gasteiger partial charge in [-0.1, -0.05) is 43.3 Å². The lowest BCUT2D eigenvalue weighted by Crippen LogP contribution is -2.22. The van der Waals surface area contributed by atoms with E-state index in [1.165, 1.54) is 22.5 Å². The van der Waals surface area contributed by atoms with E-state index in [1.807, 2.05) is 0 Å². The van der Waals surface area contributed by atoms with Crippen LogP contribution in [0.5, 0.6) is 0 Å². The van der Waals surface area contributed by atoms with E-state index in [9.17, 15) is 0 Å². The van der Waals surface area contributed by atoms with Crippen LogP contribution in [-0.4, -0.2) is 13.6 Å². The number of nitrogens with one attached hydrogen (secondary N) is 1. The fourth-order valence-electron chi connectivity index (χ4n) is 2.70. The summed E-state index contributed by atoms with van der Waals surface area (Å²) in [7, 11) is 2.15. The molecule has 0 amide bonds. The first-order valence-corrected chi connectivity index (χ1v) is 7.76. The van der Waals surface area contributed by atoms with Crippen molar-refractivity contribution in [3.63, 3.8) is 0 Å². The van der Waals surface area contributed by atoms with E-state index in [2.05, 4.69) is 86.6 Å². The molecule has 0 saturated heterocycles. The number of aryl methyl sites for hydroxylation is 1. The number of anilines is 2. The van der Waals surface area contributed by atoms with Crippen molar-refractivity contribution in [2.75, 3.05) is 18.5 Å². The highest BCUT2D eigenvalue weighted by Crippen LogP contribution is 2.32. The summed E-state index contributed by atoms with van der Waals surface area (Å²) in [6.07, 6.45) is 1.15. The van der Waals surface area contributed by atoms with Crippen LogP contribution in [0, 0.1) is 6.92 Å². The number of hydrogen-bond donors (Lipinski definition) is 1. The Morgan fingerprint density at radius 3 is 2.29 bits per heavy atom. The second-order valence-electron chi connectivity index (χ2n) is 5.58. The van der Waals surface area contributed by atoms with Crippen LogP contribution in [0.3, 0.4) is 0 Å². The smallest absolute Gasteiger partial charge is 0.0456 e. The van der Waals surface area contributed by atoms with Crippen LogP contribution in [0.25, 0.3) is 0 Å². The van der Waals surface area contributed by atoms with Crippen molar-refractivity contribution in [3.8, 4) is 0 Å². The van der Waals surface area contributed by atoms with Gasteiger partial charge in [-0.2, -0.15) is 0 Å². The number of nitrogens with zero attached hydrogens (tertiary/aromatic N) is 1. The normalized spacial score (nSPS) is 12.2. The van der Waals surface area contributed by atoms with Crippen LogP contribution >= 0.6 is 0 Å². The fraction of sp³-hybridized carbons (Fsp3) is 0.368. The summed E-state index contributed by atoms with van der Waals surface area (Å²) in [5.41, 5.74) is 5.16. The molecule has 2 aromatic rings. The van der Waals surface area contributed by atoms with Gasteiger partial charge in [-0.25, -0.2) is 0 Å². The SMILES string of the molecule is CCCNC(C)c1ccccc1N(C)c1ccccc1C. The van der Waals surface area contributed by atoms with Gasteiger partial charge in [0.1, 0.15) is 0 Å². The van der Waals surface area contributed by atoms with Crippen molar-refractivity contribution in [3.05, 3.63) is 59.7 Å². The average molecular weight is 282 g/mol. The van der Waals surface area contributed by atoms with E-state index in [1.54, 1.807) is 0 Å². The highest BCUT2D eigenvalue weighted by Gasteiger charge is 2.14. The van der Waals surface area contributed by atoms with Crippen molar-refractivity contribution < 1.29 is 0 Å². The molecule has 0 heterocycles. The molecule has 2 nitrogen and oxygen atoms in total. The van der Waals surface area contributed by atoms with E-state index < -0.39 is 0 Å². The second-order valence-corrected chi connectivity index (χ2v) is 5.58. The zero-order valence-electron chi connectivity index (χ0n) is 13.6. The van der Waals surface area contributed by atoms with Crippen molar-refractivity contribution in [1.82, 2.24) is 5.32 Å². The lowest BCUT2D eigenvalue weighted by molar-refractivity contribution is 0.571. The van der Waals surface area contributed by atoms with Gasteiger partial charge in [-0.05, 0) is 50.1 Å². The predicted octanol–water partition coefficient (Wildman–Crippen LogP) is 4.82. The Hall–Kier alpha value is -1.80. The van der Waals surface area contributed by atoms with Crippen molar-refractivity contribution in [2.24, 2.45) is 0 Å². The minimum atomic E-state index is 0.354. The van der Waals surface area contributed by atoms with Crippen molar-refractivity contribution >= 4 is 11.4 Å². The summed E-state index contributed by atoms with van der Waals surface area (Å²) in [6, 6.07) is 17.5. The molecule has 21 heavy (non-hydrogen) atoms. The summed E-state index contributed by atoms with van der Waals surface area (Å²) in [5, 5.41) is 3.58. The molecule has 0 aromatic heterocycles. The third-order valence-electron chi connectivity index (χ3n) is 3.94. The summed E-state index contributed by atoms with van der Waals surface area (Å²) in [4.78, 5) is 2.29. The van der Waals surface area contributed by atoms with Gasteiger partial charge < -0.3 is 10.2 Å². The molecule has 0 fully saturated rings. The van der Waals surface area contributed by atoms with E-state index >= 15 is 0 Å². The van der Waals surface area contributed by atoms with E-state index in [0.29, 0.717) is 6.04 Å². The van der Waals surface area contributed by atoms with Gasteiger partial charge in [0.05, 0.1) is 0 Å². The molecular weight excluding hydrogens is 256 g/mol. The molecule has 0 radical (unpaired) electrons. The Bertz CT molecular complexity index is 577. The maximum absolute atomic E-state index is 3.58. The van der Waals surface area contributed by atoms with Gasteiger partial charge in [0.15, 0.2) is 0 Å². The van der Waals surface area contributed by atoms with Gasteiger partial charge in [-0.3, -0.25) is 0 Å². The molecule has 2 heteroatoms. The molecule has 2 aromatic carbocycles. The summed E-state index contributed by atoms with van der Waals surface area (Å²) >= 11 is 0.